The minimum Gasteiger partial charge on any atom is -0.326 e. The molecule has 0 saturated carbocycles. The molecular weight excluding hydrogens is 775 g/mol. The van der Waals surface area contributed by atoms with Crippen LogP contribution in [0, 0.1) is 0 Å². The average molecular weight is 846 g/mol. The first kappa shape index (κ1) is 51.6. The molecular formula is C61H71N3. The van der Waals surface area contributed by atoms with Crippen molar-refractivity contribution in [1.29, 1.82) is 0 Å². The number of para-hydroxylation sites is 1. The molecule has 1 atom stereocenters. The summed E-state index contributed by atoms with van der Waals surface area (Å²) in [6.45, 7) is 26.0. The monoisotopic (exact) mass is 846 g/mol. The van der Waals surface area contributed by atoms with Gasteiger partial charge in [-0.05, 0) is 105 Å². The fourth-order valence-corrected chi connectivity index (χ4v) is 7.30. The maximum Gasteiger partial charge on any atom is 0.0547 e. The number of allylic oxidation sites excluding steroid dienone is 8. The van der Waals surface area contributed by atoms with E-state index in [1.54, 1.807) is 24.3 Å². The van der Waals surface area contributed by atoms with Gasteiger partial charge in [0.1, 0.15) is 0 Å². The van der Waals surface area contributed by atoms with E-state index in [-0.39, 0.29) is 6.04 Å². The molecule has 0 bridgehead atoms. The lowest BCUT2D eigenvalue weighted by Crippen LogP contribution is -2.13. The second kappa shape index (κ2) is 28.7. The lowest BCUT2D eigenvalue weighted by atomic mass is 9.93. The average Bonchev–Trinajstić information content (AvgIpc) is 3.71. The predicted octanol–water partition coefficient (Wildman–Crippen LogP) is 17.0. The minimum absolute atomic E-state index is 0.0571. The van der Waals surface area contributed by atoms with Gasteiger partial charge in [0, 0.05) is 29.0 Å². The van der Waals surface area contributed by atoms with Gasteiger partial charge in [-0.3, -0.25) is 0 Å². The van der Waals surface area contributed by atoms with Gasteiger partial charge >= 0.3 is 0 Å². The highest BCUT2D eigenvalue weighted by Gasteiger charge is 2.14. The molecule has 1 aliphatic carbocycles. The van der Waals surface area contributed by atoms with Crippen LogP contribution >= 0.6 is 0 Å². The smallest absolute Gasteiger partial charge is 0.0547 e. The summed E-state index contributed by atoms with van der Waals surface area (Å²) in [6.07, 6.45) is 16.3. The zero-order chi connectivity index (χ0) is 46.7. The van der Waals surface area contributed by atoms with Gasteiger partial charge in [-0.2, -0.15) is 0 Å². The van der Waals surface area contributed by atoms with Crippen LogP contribution in [-0.4, -0.2) is 4.57 Å². The molecule has 7 aromatic carbocycles. The van der Waals surface area contributed by atoms with Gasteiger partial charge in [0.2, 0.25) is 0 Å². The van der Waals surface area contributed by atoms with Gasteiger partial charge in [-0.15, -0.1) is 0 Å². The molecule has 0 saturated heterocycles. The van der Waals surface area contributed by atoms with Crippen molar-refractivity contribution in [3.8, 4) is 5.69 Å². The Kier molecular flexibility index (Phi) is 23.2. The molecule has 1 heterocycles. The molecule has 3 heteroatoms. The number of fused-ring (bicyclic) bond motifs is 5. The largest absolute Gasteiger partial charge is 0.326 e. The van der Waals surface area contributed by atoms with E-state index in [0.29, 0.717) is 6.54 Å². The Morgan fingerprint density at radius 2 is 1.14 bits per heavy atom. The summed E-state index contributed by atoms with van der Waals surface area (Å²) in [5, 5.41) is 7.56. The molecule has 1 unspecified atom stereocenters. The Hall–Kier alpha value is -6.78. The zero-order valence-electron chi connectivity index (χ0n) is 39.3. The molecule has 4 N–H and O–H groups in total. The number of aromatic nitrogens is 1. The number of nitrogens with zero attached hydrogens (tertiary/aromatic N) is 1. The summed E-state index contributed by atoms with van der Waals surface area (Å²) in [7, 11) is 0. The highest BCUT2D eigenvalue weighted by molar-refractivity contribution is 6.13. The van der Waals surface area contributed by atoms with Crippen molar-refractivity contribution in [3.63, 3.8) is 0 Å². The van der Waals surface area contributed by atoms with Crippen molar-refractivity contribution >= 4 is 48.9 Å². The molecule has 64 heavy (non-hydrogen) atoms. The van der Waals surface area contributed by atoms with Gasteiger partial charge in [0.05, 0.1) is 11.0 Å². The molecule has 0 amide bonds. The van der Waals surface area contributed by atoms with Gasteiger partial charge in [0.25, 0.3) is 0 Å². The fourth-order valence-electron chi connectivity index (χ4n) is 7.30. The van der Waals surface area contributed by atoms with E-state index in [1.165, 1.54) is 71.3 Å². The quantitative estimate of drug-likeness (QED) is 0.150. The van der Waals surface area contributed by atoms with Crippen molar-refractivity contribution in [1.82, 2.24) is 4.57 Å². The summed E-state index contributed by atoms with van der Waals surface area (Å²) in [4.78, 5) is 0. The van der Waals surface area contributed by atoms with Crippen LogP contribution < -0.4 is 11.5 Å². The lowest BCUT2D eigenvalue weighted by Gasteiger charge is -2.14. The standard InChI is InChI=1S/C27H20N2.C20H21N.2C4H6.3C2H6/c28-17-18-9-10-22-14-23(12-11-21(22)13-18)29-26-8-4-3-7-24(26)25-15-19-5-1-2-6-20(19)16-27(25)29;21-20(18-11-5-2-6-12-18)15-16-8-7-13-19(14-16)17-9-3-1-4-10-17;2*1-3-4-2;3*1-2/h1-16H,17,28H2;1-3,5-9,11-14,20H,4,10,15,21H2;2*3-4H,1-2H2;3*1-2H3. The Bertz CT molecular complexity index is 2700. The van der Waals surface area contributed by atoms with Crippen molar-refractivity contribution in [2.45, 2.75) is 73.4 Å². The third kappa shape index (κ3) is 14.1. The first-order valence-corrected chi connectivity index (χ1v) is 22.9. The molecule has 1 aromatic heterocycles. The topological polar surface area (TPSA) is 57.0 Å². The molecule has 0 spiro atoms. The van der Waals surface area contributed by atoms with Crippen molar-refractivity contribution in [3.05, 3.63) is 243 Å². The third-order valence-corrected chi connectivity index (χ3v) is 10.3. The van der Waals surface area contributed by atoms with Gasteiger partial charge in [-0.25, -0.2) is 0 Å². The number of benzene rings is 7. The first-order chi connectivity index (χ1) is 31.5. The molecule has 1 aliphatic rings. The summed E-state index contributed by atoms with van der Waals surface area (Å²) < 4.78 is 2.38. The molecule has 9 rings (SSSR count). The molecule has 0 aliphatic heterocycles. The number of rotatable bonds is 8. The van der Waals surface area contributed by atoms with Crippen molar-refractivity contribution in [2.75, 3.05) is 0 Å². The van der Waals surface area contributed by atoms with Crippen LogP contribution in [-0.2, 0) is 13.0 Å². The van der Waals surface area contributed by atoms with Gasteiger partial charge < -0.3 is 16.0 Å². The fraction of sp³-hybridized carbons (Fsp3) is 0.180. The molecule has 8 aromatic rings. The van der Waals surface area contributed by atoms with Crippen LogP contribution in [0.25, 0.3) is 54.6 Å². The predicted molar refractivity (Wildman–Crippen MR) is 288 cm³/mol. The maximum atomic E-state index is 6.33. The Labute approximate surface area is 385 Å². The normalized spacial score (nSPS) is 11.3. The van der Waals surface area contributed by atoms with Crippen molar-refractivity contribution in [2.24, 2.45) is 11.5 Å². The third-order valence-electron chi connectivity index (χ3n) is 10.3. The van der Waals surface area contributed by atoms with E-state index in [2.05, 4.69) is 183 Å². The second-order valence-electron chi connectivity index (χ2n) is 14.2. The van der Waals surface area contributed by atoms with E-state index in [9.17, 15) is 0 Å². The summed E-state index contributed by atoms with van der Waals surface area (Å²) >= 11 is 0. The zero-order valence-corrected chi connectivity index (χ0v) is 39.3. The van der Waals surface area contributed by atoms with Crippen LogP contribution in [0.4, 0.5) is 0 Å². The van der Waals surface area contributed by atoms with Crippen LogP contribution in [0.3, 0.4) is 0 Å². The van der Waals surface area contributed by atoms with E-state index < -0.39 is 0 Å². The second-order valence-corrected chi connectivity index (χ2v) is 14.2. The van der Waals surface area contributed by atoms with Crippen molar-refractivity contribution < 1.29 is 0 Å². The van der Waals surface area contributed by atoms with E-state index in [0.717, 1.165) is 24.8 Å². The van der Waals surface area contributed by atoms with E-state index in [4.69, 9.17) is 11.5 Å². The Morgan fingerprint density at radius 1 is 0.547 bits per heavy atom. The molecule has 0 fully saturated rings. The Balaban J connectivity index is 0.000000273. The highest BCUT2D eigenvalue weighted by atomic mass is 15.0. The first-order valence-electron chi connectivity index (χ1n) is 22.9. The SMILES string of the molecule is C=CC=C.C=CC=C.CC.CC.CC.NC(Cc1cccc(C2=CC=CCC2)c1)c1ccccc1.NCc1ccc2cc(-n3c4ccccc4c4cc5ccccc5cc43)ccc2c1. The van der Waals surface area contributed by atoms with E-state index in [1.807, 2.05) is 59.7 Å². The number of nitrogens with two attached hydrogens (primary N) is 2. The number of hydrogen-bond donors (Lipinski definition) is 2. The van der Waals surface area contributed by atoms with Crippen LogP contribution in [0.5, 0.6) is 0 Å². The van der Waals surface area contributed by atoms with Crippen LogP contribution in [0.2, 0.25) is 0 Å². The maximum absolute atomic E-state index is 6.33. The van der Waals surface area contributed by atoms with Gasteiger partial charge in [0.15, 0.2) is 0 Å². The highest BCUT2D eigenvalue weighted by Crippen LogP contribution is 2.35. The van der Waals surface area contributed by atoms with Crippen LogP contribution in [0.15, 0.2) is 221 Å². The number of hydrogen-bond acceptors (Lipinski definition) is 2. The molecule has 0 radical (unpaired) electrons. The minimum atomic E-state index is 0.0571. The molecule has 330 valence electrons. The summed E-state index contributed by atoms with van der Waals surface area (Å²) in [5.41, 5.74) is 22.2. The molecule has 3 nitrogen and oxygen atoms in total. The Morgan fingerprint density at radius 3 is 1.78 bits per heavy atom. The summed E-state index contributed by atoms with van der Waals surface area (Å²) in [5.74, 6) is 0. The van der Waals surface area contributed by atoms with E-state index >= 15 is 0 Å². The lowest BCUT2D eigenvalue weighted by molar-refractivity contribution is 0.722. The van der Waals surface area contributed by atoms with Crippen LogP contribution in [0.1, 0.15) is 82.7 Å². The summed E-state index contributed by atoms with van der Waals surface area (Å²) in [6, 6.07) is 54.2. The van der Waals surface area contributed by atoms with Gasteiger partial charge in [-0.1, -0.05) is 226 Å².